The van der Waals surface area contributed by atoms with Gasteiger partial charge in [-0.1, -0.05) is 18.2 Å². The van der Waals surface area contributed by atoms with Crippen LogP contribution in [0.2, 0.25) is 0 Å². The molecule has 0 radical (unpaired) electrons. The maximum absolute atomic E-state index is 12.9. The quantitative estimate of drug-likeness (QED) is 0.235. The van der Waals surface area contributed by atoms with E-state index in [9.17, 15) is 9.59 Å². The van der Waals surface area contributed by atoms with Crippen LogP contribution in [0.4, 0.5) is 0 Å². The summed E-state index contributed by atoms with van der Waals surface area (Å²) in [6.45, 7) is 1.55. The van der Waals surface area contributed by atoms with Gasteiger partial charge in [-0.25, -0.2) is 14.8 Å². The molecule has 1 aliphatic carbocycles. The topological polar surface area (TPSA) is 83.3 Å². The first kappa shape index (κ1) is 21.3. The van der Waals surface area contributed by atoms with Gasteiger partial charge in [0.2, 0.25) is 5.78 Å². The lowest BCUT2D eigenvalue weighted by molar-refractivity contribution is 0.0315. The molecule has 1 fully saturated rings. The molecule has 0 bridgehead atoms. The van der Waals surface area contributed by atoms with E-state index in [0.717, 1.165) is 17.3 Å². The number of esters is 1. The number of aromatic nitrogens is 3. The van der Waals surface area contributed by atoms with Crippen LogP contribution in [0.5, 0.6) is 11.5 Å². The minimum atomic E-state index is -0.979. The fourth-order valence-electron chi connectivity index (χ4n) is 3.64. The molecule has 0 spiro atoms. The Hall–Kier alpha value is -3.52. The van der Waals surface area contributed by atoms with E-state index in [-0.39, 0.29) is 11.5 Å². The summed E-state index contributed by atoms with van der Waals surface area (Å²) in [5.74, 6) is 0.337. The predicted octanol–water partition coefficient (Wildman–Crippen LogP) is 5.75. The Morgan fingerprint density at radius 1 is 1.03 bits per heavy atom. The molecule has 8 heteroatoms. The maximum Gasteiger partial charge on any atom is 0.358 e. The molecule has 1 unspecified atom stereocenters. The van der Waals surface area contributed by atoms with Crippen molar-refractivity contribution in [3.8, 4) is 11.5 Å². The Bertz CT molecular complexity index is 1330. The van der Waals surface area contributed by atoms with Gasteiger partial charge in [-0.05, 0) is 72.1 Å². The zero-order valence-corrected chi connectivity index (χ0v) is 19.4. The van der Waals surface area contributed by atoms with Crippen molar-refractivity contribution in [1.82, 2.24) is 14.5 Å². The molecule has 5 rings (SSSR count). The SMILES string of the molecule is CC(OC(=O)c1ncnc2c1c(Br)cn2C1CC1)C(=O)c1ccc(Oc2ccccc2)cc1. The fraction of sp³-hybridized carbons (Fsp3) is 0.200. The van der Waals surface area contributed by atoms with Crippen molar-refractivity contribution in [1.29, 1.82) is 0 Å². The number of ketones is 1. The zero-order valence-electron chi connectivity index (χ0n) is 17.8. The van der Waals surface area contributed by atoms with Gasteiger partial charge in [0.25, 0.3) is 0 Å². The lowest BCUT2D eigenvalue weighted by Gasteiger charge is -2.13. The van der Waals surface area contributed by atoms with Crippen LogP contribution >= 0.6 is 15.9 Å². The Labute approximate surface area is 198 Å². The van der Waals surface area contributed by atoms with Gasteiger partial charge >= 0.3 is 5.97 Å². The third kappa shape index (κ3) is 4.39. The van der Waals surface area contributed by atoms with Crippen LogP contribution in [-0.2, 0) is 4.74 Å². The van der Waals surface area contributed by atoms with Crippen molar-refractivity contribution in [2.24, 2.45) is 0 Å². The highest BCUT2D eigenvalue weighted by molar-refractivity contribution is 9.10. The summed E-state index contributed by atoms with van der Waals surface area (Å²) in [6.07, 6.45) is 4.46. The van der Waals surface area contributed by atoms with Gasteiger partial charge in [-0.15, -0.1) is 0 Å². The van der Waals surface area contributed by atoms with E-state index < -0.39 is 12.1 Å². The molecule has 0 amide bonds. The number of hydrogen-bond acceptors (Lipinski definition) is 6. The van der Waals surface area contributed by atoms with Crippen molar-refractivity contribution in [2.75, 3.05) is 0 Å². The van der Waals surface area contributed by atoms with E-state index in [1.807, 2.05) is 41.1 Å². The molecule has 1 aliphatic rings. The molecule has 33 heavy (non-hydrogen) atoms. The molecular weight excluding hydrogens is 486 g/mol. The summed E-state index contributed by atoms with van der Waals surface area (Å²) in [5, 5.41) is 0.594. The Balaban J connectivity index is 1.30. The van der Waals surface area contributed by atoms with Crippen LogP contribution in [0.3, 0.4) is 0 Å². The second-order valence-corrected chi connectivity index (χ2v) is 8.74. The second-order valence-electron chi connectivity index (χ2n) is 7.89. The molecular formula is C25H20BrN3O4. The van der Waals surface area contributed by atoms with Gasteiger partial charge in [-0.3, -0.25) is 4.79 Å². The number of fused-ring (bicyclic) bond motifs is 1. The lowest BCUT2D eigenvalue weighted by atomic mass is 10.1. The van der Waals surface area contributed by atoms with E-state index in [2.05, 4.69) is 25.9 Å². The van der Waals surface area contributed by atoms with Gasteiger partial charge in [0.15, 0.2) is 11.8 Å². The number of nitrogens with zero attached hydrogens (tertiary/aromatic N) is 3. The van der Waals surface area contributed by atoms with Crippen molar-refractivity contribution >= 4 is 38.7 Å². The molecule has 1 atom stereocenters. The number of carbonyl (C=O) groups excluding carboxylic acids is 2. The highest BCUT2D eigenvalue weighted by atomic mass is 79.9. The summed E-state index contributed by atoms with van der Waals surface area (Å²) >= 11 is 3.51. The number of hydrogen-bond donors (Lipinski definition) is 0. The minimum absolute atomic E-state index is 0.137. The minimum Gasteiger partial charge on any atom is -0.457 e. The molecule has 4 aromatic rings. The smallest absolute Gasteiger partial charge is 0.358 e. The van der Waals surface area contributed by atoms with Crippen LogP contribution in [0.25, 0.3) is 11.0 Å². The summed E-state index contributed by atoms with van der Waals surface area (Å²) < 4.78 is 14.0. The van der Waals surface area contributed by atoms with E-state index in [1.54, 1.807) is 31.2 Å². The molecule has 2 aromatic heterocycles. The van der Waals surface area contributed by atoms with Crippen molar-refractivity contribution in [3.05, 3.63) is 82.9 Å². The third-order valence-corrected chi connectivity index (χ3v) is 6.07. The van der Waals surface area contributed by atoms with Crippen LogP contribution in [0.15, 0.2) is 71.6 Å². The second kappa shape index (κ2) is 8.78. The summed E-state index contributed by atoms with van der Waals surface area (Å²) in [5.41, 5.74) is 1.24. The zero-order chi connectivity index (χ0) is 22.9. The average molecular weight is 506 g/mol. The van der Waals surface area contributed by atoms with Crippen molar-refractivity contribution in [2.45, 2.75) is 31.9 Å². The maximum atomic E-state index is 12.9. The molecule has 166 valence electrons. The number of rotatable bonds is 7. The average Bonchev–Trinajstić information content (AvgIpc) is 3.62. The van der Waals surface area contributed by atoms with Gasteiger partial charge in [0.1, 0.15) is 23.5 Å². The number of carbonyl (C=O) groups is 2. The summed E-state index contributed by atoms with van der Waals surface area (Å²) in [4.78, 5) is 34.2. The Morgan fingerprint density at radius 2 is 1.73 bits per heavy atom. The predicted molar refractivity (Wildman–Crippen MR) is 126 cm³/mol. The van der Waals surface area contributed by atoms with Gasteiger partial charge < -0.3 is 14.0 Å². The van der Waals surface area contributed by atoms with Gasteiger partial charge in [0, 0.05) is 22.3 Å². The van der Waals surface area contributed by atoms with E-state index in [1.165, 1.54) is 6.33 Å². The first-order valence-electron chi connectivity index (χ1n) is 10.6. The first-order chi connectivity index (χ1) is 16.0. The highest BCUT2D eigenvalue weighted by Crippen LogP contribution is 2.40. The van der Waals surface area contributed by atoms with Crippen LogP contribution in [0.1, 0.15) is 46.7 Å². The molecule has 7 nitrogen and oxygen atoms in total. The molecule has 2 aromatic carbocycles. The number of benzene rings is 2. The standard InChI is InChI=1S/C25H20BrN3O4/c1-15(23(30)16-7-11-19(12-8-16)33-18-5-3-2-4-6-18)32-25(31)22-21-20(26)13-29(17-9-10-17)24(21)28-14-27-22/h2-8,11-15,17H,9-10H2,1H3. The fourth-order valence-corrected chi connectivity index (χ4v) is 4.23. The van der Waals surface area contributed by atoms with Crippen molar-refractivity contribution in [3.63, 3.8) is 0 Å². The Morgan fingerprint density at radius 3 is 2.42 bits per heavy atom. The van der Waals surface area contributed by atoms with Gasteiger partial charge in [-0.2, -0.15) is 0 Å². The summed E-state index contributed by atoms with van der Waals surface area (Å²) in [7, 11) is 0. The van der Waals surface area contributed by atoms with Crippen LogP contribution < -0.4 is 4.74 Å². The number of ether oxygens (including phenoxy) is 2. The normalized spacial score (nSPS) is 14.1. The monoisotopic (exact) mass is 505 g/mol. The number of para-hydroxylation sites is 1. The number of Topliss-reactive ketones (excluding diaryl/α,β-unsaturated/α-hetero) is 1. The first-order valence-corrected chi connectivity index (χ1v) is 11.4. The van der Waals surface area contributed by atoms with Crippen molar-refractivity contribution < 1.29 is 19.1 Å². The summed E-state index contributed by atoms with van der Waals surface area (Å²) in [6, 6.07) is 16.5. The van der Waals surface area contributed by atoms with Crippen LogP contribution in [-0.4, -0.2) is 32.4 Å². The molecule has 2 heterocycles. The molecule has 1 saturated carbocycles. The van der Waals surface area contributed by atoms with Crippen LogP contribution in [0, 0.1) is 0 Å². The third-order valence-electron chi connectivity index (χ3n) is 5.47. The van der Waals surface area contributed by atoms with Gasteiger partial charge in [0.05, 0.1) is 5.39 Å². The largest absolute Gasteiger partial charge is 0.457 e. The molecule has 0 saturated heterocycles. The Kier molecular flexibility index (Phi) is 5.68. The molecule has 0 aliphatic heterocycles. The molecule has 0 N–H and O–H groups in total. The highest BCUT2D eigenvalue weighted by Gasteiger charge is 2.29. The van der Waals surface area contributed by atoms with E-state index >= 15 is 0 Å². The lowest BCUT2D eigenvalue weighted by Crippen LogP contribution is -2.25. The number of halogens is 1. The van der Waals surface area contributed by atoms with E-state index in [0.29, 0.717) is 34.1 Å². The van der Waals surface area contributed by atoms with E-state index in [4.69, 9.17) is 9.47 Å².